The molecule has 1 aliphatic rings. The summed E-state index contributed by atoms with van der Waals surface area (Å²) in [5, 5.41) is 31.6. The first-order chi connectivity index (χ1) is 15.9. The maximum atomic E-state index is 12.5. The SMILES string of the molecule is CC(=O)CCC(=O)C(O)[C@H]1O[C@H](O)[C@H](O)[C@@H](OCc2ccccc2)[C@H]1OCc1ccccc1. The van der Waals surface area contributed by atoms with Crippen LogP contribution in [0, 0.1) is 0 Å². The second-order valence-corrected chi connectivity index (χ2v) is 8.12. The standard InChI is InChI=1S/C25H30O8/c1-16(26)12-13-19(27)20(28)23-24(32-15-18-10-6-3-7-11-18)22(21(29)25(30)33-23)31-14-17-8-4-2-5-9-17/h2-11,20-25,28-30H,12-15H2,1H3/t20?,21-,22-,23-,24-,25+/m1/s1. The number of hydrogen-bond acceptors (Lipinski definition) is 8. The number of hydrogen-bond donors (Lipinski definition) is 3. The molecule has 1 unspecified atom stereocenters. The van der Waals surface area contributed by atoms with Crippen molar-refractivity contribution in [3.63, 3.8) is 0 Å². The summed E-state index contributed by atoms with van der Waals surface area (Å²) < 4.78 is 17.3. The van der Waals surface area contributed by atoms with E-state index in [4.69, 9.17) is 14.2 Å². The topological polar surface area (TPSA) is 123 Å². The predicted molar refractivity (Wildman–Crippen MR) is 118 cm³/mol. The maximum absolute atomic E-state index is 12.5. The van der Waals surface area contributed by atoms with Crippen molar-refractivity contribution in [2.75, 3.05) is 0 Å². The number of benzene rings is 2. The minimum Gasteiger partial charge on any atom is -0.385 e. The fourth-order valence-corrected chi connectivity index (χ4v) is 3.66. The highest BCUT2D eigenvalue weighted by molar-refractivity contribution is 5.88. The molecule has 0 bridgehead atoms. The van der Waals surface area contributed by atoms with E-state index < -0.39 is 42.6 Å². The molecule has 1 heterocycles. The van der Waals surface area contributed by atoms with E-state index in [1.807, 2.05) is 60.7 Å². The number of ketones is 2. The third-order valence-corrected chi connectivity index (χ3v) is 5.51. The van der Waals surface area contributed by atoms with Crippen molar-refractivity contribution in [1.29, 1.82) is 0 Å². The molecule has 1 fully saturated rings. The van der Waals surface area contributed by atoms with Crippen LogP contribution in [0.1, 0.15) is 30.9 Å². The average Bonchev–Trinajstić information content (AvgIpc) is 2.83. The molecule has 8 nitrogen and oxygen atoms in total. The second kappa shape index (κ2) is 12.1. The van der Waals surface area contributed by atoms with Gasteiger partial charge in [0.15, 0.2) is 12.1 Å². The summed E-state index contributed by atoms with van der Waals surface area (Å²) in [6.45, 7) is 1.57. The molecule has 2 aromatic rings. The fourth-order valence-electron chi connectivity index (χ4n) is 3.66. The van der Waals surface area contributed by atoms with Gasteiger partial charge in [-0.1, -0.05) is 60.7 Å². The van der Waals surface area contributed by atoms with E-state index in [2.05, 4.69) is 0 Å². The van der Waals surface area contributed by atoms with Gasteiger partial charge < -0.3 is 34.3 Å². The van der Waals surface area contributed by atoms with E-state index in [9.17, 15) is 24.9 Å². The molecule has 0 saturated carbocycles. The van der Waals surface area contributed by atoms with Gasteiger partial charge in [-0.25, -0.2) is 0 Å². The number of rotatable bonds is 11. The smallest absolute Gasteiger partial charge is 0.184 e. The first-order valence-electron chi connectivity index (χ1n) is 10.9. The third-order valence-electron chi connectivity index (χ3n) is 5.51. The van der Waals surface area contributed by atoms with Crippen LogP contribution in [-0.2, 0) is 37.0 Å². The number of carbonyl (C=O) groups excluding carboxylic acids is 2. The summed E-state index contributed by atoms with van der Waals surface area (Å²) in [5.41, 5.74) is 1.66. The molecule has 178 valence electrons. The van der Waals surface area contributed by atoms with Crippen molar-refractivity contribution < 1.29 is 39.1 Å². The van der Waals surface area contributed by atoms with Gasteiger partial charge in [-0.3, -0.25) is 4.79 Å². The van der Waals surface area contributed by atoms with E-state index in [0.717, 1.165) is 11.1 Å². The summed E-state index contributed by atoms with van der Waals surface area (Å²) in [6.07, 6.45) is -8.47. The largest absolute Gasteiger partial charge is 0.385 e. The summed E-state index contributed by atoms with van der Waals surface area (Å²) >= 11 is 0. The van der Waals surface area contributed by atoms with E-state index in [0.29, 0.717) is 0 Å². The van der Waals surface area contributed by atoms with Crippen molar-refractivity contribution in [2.45, 2.75) is 69.8 Å². The van der Waals surface area contributed by atoms with Crippen LogP contribution in [0.15, 0.2) is 60.7 Å². The zero-order valence-corrected chi connectivity index (χ0v) is 18.4. The van der Waals surface area contributed by atoms with Crippen molar-refractivity contribution in [1.82, 2.24) is 0 Å². The summed E-state index contributed by atoms with van der Waals surface area (Å²) in [7, 11) is 0. The van der Waals surface area contributed by atoms with Crippen molar-refractivity contribution in [2.24, 2.45) is 0 Å². The molecule has 8 heteroatoms. The zero-order valence-electron chi connectivity index (χ0n) is 18.4. The fraction of sp³-hybridized carbons (Fsp3) is 0.440. The number of ether oxygens (including phenoxy) is 3. The maximum Gasteiger partial charge on any atom is 0.184 e. The molecule has 0 spiro atoms. The molecule has 0 amide bonds. The van der Waals surface area contributed by atoms with Crippen molar-refractivity contribution in [3.8, 4) is 0 Å². The van der Waals surface area contributed by atoms with Crippen LogP contribution in [0.25, 0.3) is 0 Å². The number of Topliss-reactive ketones (excluding diaryl/α,β-unsaturated/α-hetero) is 2. The molecular formula is C25H30O8. The number of aliphatic hydroxyl groups is 3. The van der Waals surface area contributed by atoms with Crippen molar-refractivity contribution >= 4 is 11.6 Å². The van der Waals surface area contributed by atoms with Crippen LogP contribution in [-0.4, -0.2) is 63.7 Å². The van der Waals surface area contributed by atoms with Gasteiger partial charge in [0.2, 0.25) is 0 Å². The van der Waals surface area contributed by atoms with Gasteiger partial charge in [0, 0.05) is 12.8 Å². The normalized spacial score (nSPS) is 26.0. The van der Waals surface area contributed by atoms with Gasteiger partial charge in [-0.05, 0) is 18.1 Å². The Hall–Kier alpha value is -2.46. The molecule has 6 atom stereocenters. The summed E-state index contributed by atoms with van der Waals surface area (Å²) in [6, 6.07) is 18.5. The average molecular weight is 459 g/mol. The molecule has 1 aliphatic heterocycles. The van der Waals surface area contributed by atoms with Gasteiger partial charge >= 0.3 is 0 Å². The van der Waals surface area contributed by atoms with E-state index in [-0.39, 0.29) is 31.8 Å². The van der Waals surface area contributed by atoms with Crippen LogP contribution in [0.4, 0.5) is 0 Å². The van der Waals surface area contributed by atoms with Crippen LogP contribution in [0.3, 0.4) is 0 Å². The van der Waals surface area contributed by atoms with Crippen LogP contribution in [0.5, 0.6) is 0 Å². The molecule has 0 aromatic heterocycles. The number of carbonyl (C=O) groups is 2. The summed E-state index contributed by atoms with van der Waals surface area (Å²) in [4.78, 5) is 23.8. The highest BCUT2D eigenvalue weighted by Gasteiger charge is 2.50. The lowest BCUT2D eigenvalue weighted by Gasteiger charge is -2.44. The van der Waals surface area contributed by atoms with Gasteiger partial charge in [0.25, 0.3) is 0 Å². The highest BCUT2D eigenvalue weighted by Crippen LogP contribution is 2.29. The Morgan fingerprint density at radius 3 is 1.91 bits per heavy atom. The molecular weight excluding hydrogens is 428 g/mol. The molecule has 2 aromatic carbocycles. The first kappa shape index (κ1) is 25.2. The van der Waals surface area contributed by atoms with Gasteiger partial charge in [0.1, 0.15) is 36.3 Å². The number of aliphatic hydroxyl groups excluding tert-OH is 3. The third kappa shape index (κ3) is 7.01. The predicted octanol–water partition coefficient (Wildman–Crippen LogP) is 1.53. The minimum atomic E-state index is -1.69. The minimum absolute atomic E-state index is 0.0166. The Kier molecular flexibility index (Phi) is 9.25. The van der Waals surface area contributed by atoms with E-state index >= 15 is 0 Å². The molecule has 0 aliphatic carbocycles. The quantitative estimate of drug-likeness (QED) is 0.463. The molecule has 3 rings (SSSR count). The Labute approximate surface area is 192 Å². The Bertz CT molecular complexity index is 888. The lowest BCUT2D eigenvalue weighted by atomic mass is 9.91. The lowest BCUT2D eigenvalue weighted by molar-refractivity contribution is -0.311. The van der Waals surface area contributed by atoms with E-state index in [1.165, 1.54) is 6.92 Å². The van der Waals surface area contributed by atoms with Gasteiger partial charge in [0.05, 0.1) is 13.2 Å². The summed E-state index contributed by atoms with van der Waals surface area (Å²) in [5.74, 6) is -0.801. The molecule has 1 saturated heterocycles. The Morgan fingerprint density at radius 1 is 0.879 bits per heavy atom. The second-order valence-electron chi connectivity index (χ2n) is 8.12. The Morgan fingerprint density at radius 2 is 1.39 bits per heavy atom. The zero-order chi connectivity index (χ0) is 23.8. The molecule has 33 heavy (non-hydrogen) atoms. The van der Waals surface area contributed by atoms with Crippen LogP contribution in [0.2, 0.25) is 0 Å². The first-order valence-corrected chi connectivity index (χ1v) is 10.9. The lowest BCUT2D eigenvalue weighted by Crippen LogP contribution is -2.63. The monoisotopic (exact) mass is 458 g/mol. The Balaban J connectivity index is 1.81. The van der Waals surface area contributed by atoms with Crippen LogP contribution < -0.4 is 0 Å². The van der Waals surface area contributed by atoms with Gasteiger partial charge in [-0.15, -0.1) is 0 Å². The molecule has 0 radical (unpaired) electrons. The van der Waals surface area contributed by atoms with Crippen molar-refractivity contribution in [3.05, 3.63) is 71.8 Å². The van der Waals surface area contributed by atoms with Crippen LogP contribution >= 0.6 is 0 Å². The molecule has 3 N–H and O–H groups in total. The van der Waals surface area contributed by atoms with Gasteiger partial charge in [-0.2, -0.15) is 0 Å². The highest BCUT2D eigenvalue weighted by atomic mass is 16.7. The van der Waals surface area contributed by atoms with E-state index in [1.54, 1.807) is 0 Å².